The highest BCUT2D eigenvalue weighted by molar-refractivity contribution is 9.10. The molecule has 0 unspecified atom stereocenters. The zero-order chi connectivity index (χ0) is 14.8. The van der Waals surface area contributed by atoms with E-state index < -0.39 is 26.3 Å². The largest absolute Gasteiger partial charge is 0.398 e. The van der Waals surface area contributed by atoms with Crippen molar-refractivity contribution in [3.63, 3.8) is 0 Å². The van der Waals surface area contributed by atoms with Crippen molar-refractivity contribution in [1.82, 2.24) is 4.72 Å². The molecular weight excluding hydrogens is 339 g/mol. The highest BCUT2D eigenvalue weighted by Crippen LogP contribution is 2.26. The number of benzene rings is 1. The molecule has 1 aromatic carbocycles. The summed E-state index contributed by atoms with van der Waals surface area (Å²) in [6, 6.07) is 2.09. The average Bonchev–Trinajstić information content (AvgIpc) is 2.31. The van der Waals surface area contributed by atoms with Gasteiger partial charge < -0.3 is 10.5 Å². The van der Waals surface area contributed by atoms with Crippen LogP contribution in [0.25, 0.3) is 0 Å². The van der Waals surface area contributed by atoms with Crippen LogP contribution in [0.3, 0.4) is 0 Å². The van der Waals surface area contributed by atoms with Gasteiger partial charge in [0.2, 0.25) is 10.0 Å². The van der Waals surface area contributed by atoms with Crippen LogP contribution in [0.1, 0.15) is 13.8 Å². The number of rotatable bonds is 5. The molecule has 19 heavy (non-hydrogen) atoms. The van der Waals surface area contributed by atoms with Gasteiger partial charge in [-0.15, -0.1) is 0 Å². The molecule has 0 radical (unpaired) electrons. The Morgan fingerprint density at radius 3 is 2.58 bits per heavy atom. The molecule has 1 rings (SSSR count). The molecule has 0 fully saturated rings. The summed E-state index contributed by atoms with van der Waals surface area (Å²) in [6.45, 7) is 3.44. The zero-order valence-electron chi connectivity index (χ0n) is 10.8. The van der Waals surface area contributed by atoms with Crippen LogP contribution < -0.4 is 10.5 Å². The van der Waals surface area contributed by atoms with E-state index in [1.807, 2.05) is 0 Å². The summed E-state index contributed by atoms with van der Waals surface area (Å²) in [4.78, 5) is -0.486. The van der Waals surface area contributed by atoms with Crippen LogP contribution in [-0.2, 0) is 14.8 Å². The van der Waals surface area contributed by atoms with Gasteiger partial charge in [0.1, 0.15) is 10.7 Å². The fourth-order valence-electron chi connectivity index (χ4n) is 1.17. The van der Waals surface area contributed by atoms with Gasteiger partial charge >= 0.3 is 0 Å². The number of hydrogen-bond donors (Lipinski definition) is 2. The first-order valence-corrected chi connectivity index (χ1v) is 7.66. The molecule has 0 spiro atoms. The number of nitrogens with one attached hydrogen (secondary N) is 1. The first-order valence-electron chi connectivity index (χ1n) is 5.38. The number of halogens is 2. The first kappa shape index (κ1) is 16.4. The van der Waals surface area contributed by atoms with Crippen LogP contribution in [0.15, 0.2) is 21.5 Å². The van der Waals surface area contributed by atoms with Gasteiger partial charge in [0, 0.05) is 23.8 Å². The molecule has 0 bridgehead atoms. The van der Waals surface area contributed by atoms with Crippen LogP contribution in [0.5, 0.6) is 0 Å². The molecule has 0 aliphatic heterocycles. The number of anilines is 1. The third-order valence-electron chi connectivity index (χ3n) is 2.58. The second-order valence-corrected chi connectivity index (χ2v) is 7.18. The normalized spacial score (nSPS) is 12.7. The van der Waals surface area contributed by atoms with Gasteiger partial charge in [-0.05, 0) is 41.9 Å². The summed E-state index contributed by atoms with van der Waals surface area (Å²) in [6.07, 6.45) is 0. The molecule has 5 nitrogen and oxygen atoms in total. The molecule has 108 valence electrons. The third kappa shape index (κ3) is 4.13. The third-order valence-corrected chi connectivity index (χ3v) is 4.68. The molecule has 8 heteroatoms. The van der Waals surface area contributed by atoms with Gasteiger partial charge in [-0.1, -0.05) is 0 Å². The van der Waals surface area contributed by atoms with Crippen molar-refractivity contribution in [3.05, 3.63) is 22.4 Å². The highest BCUT2D eigenvalue weighted by Gasteiger charge is 2.24. The number of sulfonamides is 1. The second-order valence-electron chi connectivity index (χ2n) is 4.59. The maximum Gasteiger partial charge on any atom is 0.243 e. The molecule has 0 heterocycles. The van der Waals surface area contributed by atoms with E-state index in [2.05, 4.69) is 20.7 Å². The van der Waals surface area contributed by atoms with Crippen LogP contribution in [-0.4, -0.2) is 27.7 Å². The Morgan fingerprint density at radius 2 is 2.05 bits per heavy atom. The minimum atomic E-state index is -3.98. The Hall–Kier alpha value is -0.700. The highest BCUT2D eigenvalue weighted by atomic mass is 79.9. The van der Waals surface area contributed by atoms with E-state index in [9.17, 15) is 12.8 Å². The van der Waals surface area contributed by atoms with Gasteiger partial charge in [0.05, 0.1) is 5.60 Å². The fraction of sp³-hybridized carbons (Fsp3) is 0.455. The zero-order valence-corrected chi connectivity index (χ0v) is 13.2. The van der Waals surface area contributed by atoms with E-state index in [-0.39, 0.29) is 12.2 Å². The Labute approximate surface area is 120 Å². The lowest BCUT2D eigenvalue weighted by atomic mass is 10.1. The standard InChI is InChI=1S/C11H16BrFN2O3S/c1-11(2,18-3)6-15-19(16,17)10-5-9(14)7(12)4-8(10)13/h4-5,15H,6,14H2,1-3H3. The number of nitrogens with two attached hydrogens (primary N) is 1. The molecule has 0 saturated carbocycles. The lowest BCUT2D eigenvalue weighted by Gasteiger charge is -2.23. The minimum Gasteiger partial charge on any atom is -0.398 e. The van der Waals surface area contributed by atoms with Gasteiger partial charge in [-0.2, -0.15) is 0 Å². The summed E-state index contributed by atoms with van der Waals surface area (Å²) >= 11 is 3.03. The second kappa shape index (κ2) is 5.74. The van der Waals surface area contributed by atoms with Gasteiger partial charge in [-0.3, -0.25) is 0 Å². The number of methoxy groups -OCH3 is 1. The van der Waals surface area contributed by atoms with Crippen LogP contribution in [0.2, 0.25) is 0 Å². The molecule has 0 amide bonds. The molecule has 1 aromatic rings. The van der Waals surface area contributed by atoms with E-state index in [1.54, 1.807) is 13.8 Å². The lowest BCUT2D eigenvalue weighted by Crippen LogP contribution is -2.39. The summed E-state index contributed by atoms with van der Waals surface area (Å²) in [5.74, 6) is -0.871. The smallest absolute Gasteiger partial charge is 0.243 e. The molecule has 0 aromatic heterocycles. The SMILES string of the molecule is COC(C)(C)CNS(=O)(=O)c1cc(N)c(Br)cc1F. The topological polar surface area (TPSA) is 81.4 Å². The first-order chi connectivity index (χ1) is 8.59. The van der Waals surface area contributed by atoms with Crippen LogP contribution >= 0.6 is 15.9 Å². The number of nitrogen functional groups attached to an aromatic ring is 1. The lowest BCUT2D eigenvalue weighted by molar-refractivity contribution is 0.0276. The Kier molecular flexibility index (Phi) is 4.94. The van der Waals surface area contributed by atoms with Crippen LogP contribution in [0.4, 0.5) is 10.1 Å². The van der Waals surface area contributed by atoms with E-state index in [0.717, 1.165) is 12.1 Å². The maximum absolute atomic E-state index is 13.7. The van der Waals surface area contributed by atoms with E-state index >= 15 is 0 Å². The van der Waals surface area contributed by atoms with E-state index in [1.165, 1.54) is 7.11 Å². The monoisotopic (exact) mass is 354 g/mol. The van der Waals surface area contributed by atoms with Crippen molar-refractivity contribution >= 4 is 31.6 Å². The van der Waals surface area contributed by atoms with Gasteiger partial charge in [-0.25, -0.2) is 17.5 Å². The summed E-state index contributed by atoms with van der Waals surface area (Å²) in [5.41, 5.74) is 5.02. The molecule has 0 aliphatic carbocycles. The summed E-state index contributed by atoms with van der Waals surface area (Å²) < 4.78 is 45.4. The fourth-order valence-corrected chi connectivity index (χ4v) is 2.78. The van der Waals surface area contributed by atoms with Crippen molar-refractivity contribution in [1.29, 1.82) is 0 Å². The Bertz CT molecular complexity index is 576. The van der Waals surface area contributed by atoms with Gasteiger partial charge in [0.25, 0.3) is 0 Å². The molecular formula is C11H16BrFN2O3S. The number of hydrogen-bond acceptors (Lipinski definition) is 4. The van der Waals surface area contributed by atoms with Crippen molar-refractivity contribution in [2.75, 3.05) is 19.4 Å². The summed E-state index contributed by atoms with van der Waals surface area (Å²) in [5, 5.41) is 0. The predicted octanol–water partition coefficient (Wildman–Crippen LogP) is 1.87. The minimum absolute atomic E-state index is 0.0151. The quantitative estimate of drug-likeness (QED) is 0.791. The van der Waals surface area contributed by atoms with Crippen molar-refractivity contribution in [3.8, 4) is 0 Å². The van der Waals surface area contributed by atoms with Crippen molar-refractivity contribution in [2.24, 2.45) is 0 Å². The average molecular weight is 355 g/mol. The van der Waals surface area contributed by atoms with E-state index in [4.69, 9.17) is 10.5 Å². The molecule has 0 atom stereocenters. The molecule has 0 aliphatic rings. The van der Waals surface area contributed by atoms with E-state index in [0.29, 0.717) is 4.47 Å². The Morgan fingerprint density at radius 1 is 1.47 bits per heavy atom. The predicted molar refractivity (Wildman–Crippen MR) is 74.8 cm³/mol. The summed E-state index contributed by atoms with van der Waals surface area (Å²) in [7, 11) is -2.51. The van der Waals surface area contributed by atoms with Gasteiger partial charge in [0.15, 0.2) is 0 Å². The maximum atomic E-state index is 13.7. The Balaban J connectivity index is 3.05. The van der Waals surface area contributed by atoms with Crippen LogP contribution in [0, 0.1) is 5.82 Å². The molecule has 0 saturated heterocycles. The number of ether oxygens (including phenoxy) is 1. The van der Waals surface area contributed by atoms with Crippen molar-refractivity contribution < 1.29 is 17.5 Å². The molecule has 3 N–H and O–H groups in total. The van der Waals surface area contributed by atoms with Crippen molar-refractivity contribution in [2.45, 2.75) is 24.3 Å².